The van der Waals surface area contributed by atoms with E-state index in [0.29, 0.717) is 0 Å². The van der Waals surface area contributed by atoms with Crippen molar-refractivity contribution in [3.63, 3.8) is 0 Å². The summed E-state index contributed by atoms with van der Waals surface area (Å²) in [7, 11) is 0. The molecule has 4 atom stereocenters. The number of benzene rings is 1. The highest BCUT2D eigenvalue weighted by molar-refractivity contribution is 6.01. The highest BCUT2D eigenvalue weighted by Crippen LogP contribution is 2.60. The zero-order chi connectivity index (χ0) is 16.0. The summed E-state index contributed by atoms with van der Waals surface area (Å²) < 4.78 is 11.5. The van der Waals surface area contributed by atoms with Crippen LogP contribution < -0.4 is 10.1 Å². The lowest BCUT2D eigenvalue weighted by Crippen LogP contribution is -2.53. The van der Waals surface area contributed by atoms with Gasteiger partial charge in [-0.05, 0) is 32.3 Å². The van der Waals surface area contributed by atoms with Crippen LogP contribution in [0.25, 0.3) is 0 Å². The van der Waals surface area contributed by atoms with E-state index in [-0.39, 0.29) is 24.7 Å². The Balaban J connectivity index is 1.85. The van der Waals surface area contributed by atoms with Gasteiger partial charge in [0.25, 0.3) is 0 Å². The molecule has 0 radical (unpaired) electrons. The first kappa shape index (κ1) is 14.5. The number of hydrogen-bond donors (Lipinski definition) is 1. The van der Waals surface area contributed by atoms with Crippen LogP contribution in [-0.4, -0.2) is 24.6 Å². The Bertz CT molecular complexity index is 658. The van der Waals surface area contributed by atoms with Crippen LogP contribution in [0.15, 0.2) is 24.3 Å². The summed E-state index contributed by atoms with van der Waals surface area (Å²) in [6.45, 7) is 2.05. The standard InChI is InChI=1S/C18H21NO4/c1-2-22-17(21)14-16(20)19-15-11-7-3-4-8-12(11)23-13-9-5-6-10-18(13,14)15/h3-4,7-8,13-15H,2,5-6,9-10H2,1H3,(H,19,20)/t13-,14-,15-,18+/m0/s1. The molecule has 0 unspecified atom stereocenters. The van der Waals surface area contributed by atoms with Gasteiger partial charge in [0.1, 0.15) is 17.8 Å². The molecule has 1 amide bonds. The number of carbonyl (C=O) groups is 2. The molecule has 1 aromatic rings. The van der Waals surface area contributed by atoms with Gasteiger partial charge in [0.2, 0.25) is 5.91 Å². The van der Waals surface area contributed by atoms with Gasteiger partial charge in [-0.1, -0.05) is 24.6 Å². The van der Waals surface area contributed by atoms with Gasteiger partial charge in [-0.15, -0.1) is 0 Å². The summed E-state index contributed by atoms with van der Waals surface area (Å²) in [5, 5.41) is 3.07. The fraction of sp³-hybridized carbons (Fsp3) is 0.556. The lowest BCUT2D eigenvalue weighted by molar-refractivity contribution is -0.161. The van der Waals surface area contributed by atoms with Gasteiger partial charge in [0.05, 0.1) is 18.1 Å². The molecule has 3 aliphatic rings. The quantitative estimate of drug-likeness (QED) is 0.672. The van der Waals surface area contributed by atoms with E-state index in [0.717, 1.165) is 37.0 Å². The van der Waals surface area contributed by atoms with Crippen molar-refractivity contribution in [2.45, 2.75) is 44.8 Å². The van der Waals surface area contributed by atoms with E-state index < -0.39 is 17.3 Å². The van der Waals surface area contributed by atoms with Crippen LogP contribution in [-0.2, 0) is 14.3 Å². The van der Waals surface area contributed by atoms with Gasteiger partial charge < -0.3 is 14.8 Å². The van der Waals surface area contributed by atoms with E-state index in [1.807, 2.05) is 24.3 Å². The molecule has 1 aliphatic carbocycles. The average Bonchev–Trinajstić information content (AvgIpc) is 2.85. The smallest absolute Gasteiger partial charge is 0.319 e. The highest BCUT2D eigenvalue weighted by atomic mass is 16.5. The van der Waals surface area contributed by atoms with E-state index >= 15 is 0 Å². The summed E-state index contributed by atoms with van der Waals surface area (Å²) in [4.78, 5) is 25.2. The number of fused-ring (bicyclic) bond motifs is 2. The highest BCUT2D eigenvalue weighted by Gasteiger charge is 2.66. The van der Waals surface area contributed by atoms with Gasteiger partial charge in [-0.3, -0.25) is 9.59 Å². The Kier molecular flexibility index (Phi) is 3.32. The lowest BCUT2D eigenvalue weighted by Gasteiger charge is -2.49. The monoisotopic (exact) mass is 315 g/mol. The third-order valence-electron chi connectivity index (χ3n) is 5.57. The Morgan fingerprint density at radius 2 is 2.22 bits per heavy atom. The lowest BCUT2D eigenvalue weighted by atomic mass is 9.59. The van der Waals surface area contributed by atoms with Crippen molar-refractivity contribution >= 4 is 11.9 Å². The summed E-state index contributed by atoms with van der Waals surface area (Å²) >= 11 is 0. The number of rotatable bonds is 2. The predicted octanol–water partition coefficient (Wildman–Crippen LogP) is 2.36. The molecular weight excluding hydrogens is 294 g/mol. The van der Waals surface area contributed by atoms with Crippen molar-refractivity contribution in [1.82, 2.24) is 5.32 Å². The zero-order valence-electron chi connectivity index (χ0n) is 13.2. The molecule has 0 bridgehead atoms. The SMILES string of the molecule is CCOC(=O)[C@@H]1C(=O)N[C@H]2c3ccccc3O[C@H]3CCCC[C@]132. The fourth-order valence-corrected chi connectivity index (χ4v) is 4.69. The van der Waals surface area contributed by atoms with E-state index in [2.05, 4.69) is 5.32 Å². The Morgan fingerprint density at radius 3 is 3.04 bits per heavy atom. The van der Waals surface area contributed by atoms with Crippen LogP contribution in [0, 0.1) is 11.3 Å². The number of ether oxygens (including phenoxy) is 2. The summed E-state index contributed by atoms with van der Waals surface area (Å²) in [6, 6.07) is 7.65. The second kappa shape index (κ2) is 5.25. The predicted molar refractivity (Wildman–Crippen MR) is 82.8 cm³/mol. The molecule has 122 valence electrons. The fourth-order valence-electron chi connectivity index (χ4n) is 4.69. The van der Waals surface area contributed by atoms with Gasteiger partial charge in [-0.25, -0.2) is 0 Å². The van der Waals surface area contributed by atoms with Crippen molar-refractivity contribution in [2.75, 3.05) is 6.61 Å². The van der Waals surface area contributed by atoms with Crippen molar-refractivity contribution < 1.29 is 19.1 Å². The molecular formula is C18H21NO4. The molecule has 5 heteroatoms. The molecule has 23 heavy (non-hydrogen) atoms. The Morgan fingerprint density at radius 1 is 1.39 bits per heavy atom. The molecule has 1 spiro atoms. The molecule has 2 aliphatic heterocycles. The van der Waals surface area contributed by atoms with E-state index in [9.17, 15) is 9.59 Å². The number of esters is 1. The molecule has 1 aromatic carbocycles. The van der Waals surface area contributed by atoms with Crippen LogP contribution in [0.2, 0.25) is 0 Å². The zero-order valence-corrected chi connectivity index (χ0v) is 13.2. The molecule has 1 saturated carbocycles. The first-order chi connectivity index (χ1) is 11.2. The second-order valence-corrected chi connectivity index (χ2v) is 6.63. The van der Waals surface area contributed by atoms with Crippen LogP contribution in [0.3, 0.4) is 0 Å². The summed E-state index contributed by atoms with van der Waals surface area (Å²) in [6.07, 6.45) is 3.62. The van der Waals surface area contributed by atoms with Crippen molar-refractivity contribution in [2.24, 2.45) is 11.3 Å². The van der Waals surface area contributed by atoms with Gasteiger partial charge >= 0.3 is 5.97 Å². The minimum atomic E-state index is -0.772. The first-order valence-electron chi connectivity index (χ1n) is 8.41. The minimum absolute atomic E-state index is 0.121. The summed E-state index contributed by atoms with van der Waals surface area (Å²) in [5.74, 6) is -0.584. The van der Waals surface area contributed by atoms with E-state index in [1.165, 1.54) is 0 Å². The number of para-hydroxylation sites is 1. The third-order valence-corrected chi connectivity index (χ3v) is 5.57. The average molecular weight is 315 g/mol. The molecule has 4 rings (SSSR count). The molecule has 2 heterocycles. The molecule has 2 fully saturated rings. The van der Waals surface area contributed by atoms with Crippen molar-refractivity contribution in [3.8, 4) is 5.75 Å². The maximum Gasteiger partial charge on any atom is 0.319 e. The normalized spacial score (nSPS) is 34.5. The van der Waals surface area contributed by atoms with Crippen LogP contribution in [0.1, 0.15) is 44.2 Å². The maximum absolute atomic E-state index is 12.6. The molecule has 1 N–H and O–H groups in total. The minimum Gasteiger partial charge on any atom is -0.489 e. The summed E-state index contributed by atoms with van der Waals surface area (Å²) in [5.41, 5.74) is 0.460. The van der Waals surface area contributed by atoms with Gasteiger partial charge in [0.15, 0.2) is 0 Å². The van der Waals surface area contributed by atoms with E-state index in [1.54, 1.807) is 6.92 Å². The number of amides is 1. The van der Waals surface area contributed by atoms with Gasteiger partial charge in [0, 0.05) is 5.56 Å². The van der Waals surface area contributed by atoms with Crippen molar-refractivity contribution in [3.05, 3.63) is 29.8 Å². The molecule has 5 nitrogen and oxygen atoms in total. The van der Waals surface area contributed by atoms with E-state index in [4.69, 9.17) is 9.47 Å². The topological polar surface area (TPSA) is 64.6 Å². The Hall–Kier alpha value is -2.04. The van der Waals surface area contributed by atoms with Crippen LogP contribution in [0.5, 0.6) is 5.75 Å². The van der Waals surface area contributed by atoms with Crippen LogP contribution in [0.4, 0.5) is 0 Å². The second-order valence-electron chi connectivity index (χ2n) is 6.63. The maximum atomic E-state index is 12.6. The largest absolute Gasteiger partial charge is 0.489 e. The first-order valence-corrected chi connectivity index (χ1v) is 8.41. The number of carbonyl (C=O) groups excluding carboxylic acids is 2. The third kappa shape index (κ3) is 1.92. The molecule has 1 saturated heterocycles. The Labute approximate surface area is 135 Å². The number of nitrogens with one attached hydrogen (secondary N) is 1. The van der Waals surface area contributed by atoms with Crippen molar-refractivity contribution in [1.29, 1.82) is 0 Å². The number of hydrogen-bond acceptors (Lipinski definition) is 4. The molecule has 0 aromatic heterocycles. The van der Waals surface area contributed by atoms with Crippen LogP contribution >= 0.6 is 0 Å². The van der Waals surface area contributed by atoms with Gasteiger partial charge in [-0.2, -0.15) is 0 Å².